The number of rotatable bonds is 2. The summed E-state index contributed by atoms with van der Waals surface area (Å²) >= 11 is 0. The Morgan fingerprint density at radius 3 is 3.00 bits per heavy atom. The molecule has 0 saturated carbocycles. The van der Waals surface area contributed by atoms with Crippen LogP contribution >= 0.6 is 0 Å². The van der Waals surface area contributed by atoms with Crippen molar-refractivity contribution in [2.75, 3.05) is 0 Å². The van der Waals surface area contributed by atoms with E-state index in [9.17, 15) is 0 Å². The Morgan fingerprint density at radius 2 is 2.38 bits per heavy atom. The highest BCUT2D eigenvalue weighted by Gasteiger charge is 2.14. The molecule has 16 heavy (non-hydrogen) atoms. The molecule has 0 radical (unpaired) electrons. The van der Waals surface area contributed by atoms with E-state index in [2.05, 4.69) is 41.7 Å². The molecule has 2 rings (SSSR count). The molecule has 82 valence electrons. The van der Waals surface area contributed by atoms with Gasteiger partial charge in [0.15, 0.2) is 5.82 Å². The average molecular weight is 213 g/mol. The second kappa shape index (κ2) is 4.23. The molecule has 3 heteroatoms. The molecule has 1 aromatic rings. The van der Waals surface area contributed by atoms with Crippen molar-refractivity contribution in [3.05, 3.63) is 60.5 Å². The van der Waals surface area contributed by atoms with Crippen LogP contribution in [0.4, 0.5) is 0 Å². The highest BCUT2D eigenvalue weighted by molar-refractivity contribution is 5.61. The molecule has 1 aliphatic heterocycles. The Kier molecular flexibility index (Phi) is 2.77. The topological polar surface area (TPSA) is 31.9 Å². The number of aromatic amines is 1. The predicted molar refractivity (Wildman–Crippen MR) is 66.1 cm³/mol. The molecule has 0 aromatic carbocycles. The van der Waals surface area contributed by atoms with Crippen LogP contribution in [0, 0.1) is 0 Å². The molecule has 1 aliphatic rings. The molecule has 0 bridgehead atoms. The van der Waals surface area contributed by atoms with Gasteiger partial charge in [-0.15, -0.1) is 0 Å². The zero-order valence-corrected chi connectivity index (χ0v) is 9.57. The Labute approximate surface area is 95.5 Å². The number of hydrogen-bond donors (Lipinski definition) is 1. The second-order valence-corrected chi connectivity index (χ2v) is 3.67. The van der Waals surface area contributed by atoms with E-state index in [4.69, 9.17) is 0 Å². The lowest BCUT2D eigenvalue weighted by molar-refractivity contribution is 0.663. The van der Waals surface area contributed by atoms with Gasteiger partial charge in [-0.25, -0.2) is 4.98 Å². The van der Waals surface area contributed by atoms with Gasteiger partial charge in [-0.05, 0) is 31.6 Å². The van der Waals surface area contributed by atoms with Gasteiger partial charge < -0.3 is 9.88 Å². The first-order chi connectivity index (χ1) is 7.72. The molecule has 0 unspecified atom stereocenters. The van der Waals surface area contributed by atoms with Crippen molar-refractivity contribution in [2.45, 2.75) is 13.8 Å². The van der Waals surface area contributed by atoms with Crippen molar-refractivity contribution < 1.29 is 0 Å². The van der Waals surface area contributed by atoms with Crippen molar-refractivity contribution >= 4 is 5.70 Å². The Morgan fingerprint density at radius 1 is 1.56 bits per heavy atom. The van der Waals surface area contributed by atoms with E-state index in [0.29, 0.717) is 0 Å². The van der Waals surface area contributed by atoms with E-state index >= 15 is 0 Å². The summed E-state index contributed by atoms with van der Waals surface area (Å²) in [6, 6.07) is 0. The number of imidazole rings is 1. The first-order valence-electron chi connectivity index (χ1n) is 5.23. The molecule has 0 saturated heterocycles. The van der Waals surface area contributed by atoms with E-state index in [1.165, 1.54) is 5.57 Å². The van der Waals surface area contributed by atoms with Gasteiger partial charge >= 0.3 is 0 Å². The lowest BCUT2D eigenvalue weighted by atomic mass is 10.1. The van der Waals surface area contributed by atoms with Crippen LogP contribution < -0.4 is 0 Å². The minimum atomic E-state index is 0.789. The first kappa shape index (κ1) is 10.5. The predicted octanol–water partition coefficient (Wildman–Crippen LogP) is 3.06. The molecular formula is C13H15N3. The van der Waals surface area contributed by atoms with Crippen LogP contribution in [0.3, 0.4) is 0 Å². The molecule has 1 N–H and O–H groups in total. The summed E-state index contributed by atoms with van der Waals surface area (Å²) in [7, 11) is 0. The van der Waals surface area contributed by atoms with Crippen LogP contribution in [0.15, 0.2) is 54.7 Å². The largest absolute Gasteiger partial charge is 0.343 e. The molecule has 0 aliphatic carbocycles. The van der Waals surface area contributed by atoms with E-state index in [1.807, 2.05) is 18.0 Å². The van der Waals surface area contributed by atoms with Gasteiger partial charge in [0.05, 0.1) is 5.70 Å². The third-order valence-electron chi connectivity index (χ3n) is 2.50. The van der Waals surface area contributed by atoms with E-state index < -0.39 is 0 Å². The first-order valence-corrected chi connectivity index (χ1v) is 5.23. The molecule has 1 aromatic heterocycles. The van der Waals surface area contributed by atoms with Crippen LogP contribution in [-0.4, -0.2) is 14.9 Å². The number of hydrogen-bond acceptors (Lipinski definition) is 2. The van der Waals surface area contributed by atoms with Crippen LogP contribution in [0.2, 0.25) is 0 Å². The minimum Gasteiger partial charge on any atom is -0.343 e. The maximum Gasteiger partial charge on any atom is 0.153 e. The number of aromatic nitrogens is 2. The lowest BCUT2D eigenvalue weighted by Crippen LogP contribution is -2.16. The Balaban J connectivity index is 2.29. The van der Waals surface area contributed by atoms with Crippen molar-refractivity contribution in [1.82, 2.24) is 14.9 Å². The smallest absolute Gasteiger partial charge is 0.153 e. The molecule has 0 fully saturated rings. The molecule has 0 amide bonds. The lowest BCUT2D eigenvalue weighted by Gasteiger charge is -2.25. The third-order valence-corrected chi connectivity index (χ3v) is 2.50. The standard InChI is InChI=1S/C13H15N3/c1-4-12-9-10(2)5-8-16(12)11(3)13-14-6-7-15-13/h4-9H,3H2,1-2H3,(H,14,15)/b12-4-. The summed E-state index contributed by atoms with van der Waals surface area (Å²) in [5, 5.41) is 0. The summed E-state index contributed by atoms with van der Waals surface area (Å²) in [5.41, 5.74) is 3.19. The second-order valence-electron chi connectivity index (χ2n) is 3.67. The van der Waals surface area contributed by atoms with E-state index in [1.54, 1.807) is 12.4 Å². The van der Waals surface area contributed by atoms with Gasteiger partial charge in [0.2, 0.25) is 0 Å². The quantitative estimate of drug-likeness (QED) is 0.818. The maximum atomic E-state index is 4.20. The molecule has 3 nitrogen and oxygen atoms in total. The maximum absolute atomic E-state index is 4.20. The number of allylic oxidation sites excluding steroid dienone is 4. The summed E-state index contributed by atoms with van der Waals surface area (Å²) in [5.74, 6) is 0.789. The van der Waals surface area contributed by atoms with E-state index in [0.717, 1.165) is 17.2 Å². The van der Waals surface area contributed by atoms with Crippen LogP contribution in [-0.2, 0) is 0 Å². The number of nitrogens with zero attached hydrogens (tertiary/aromatic N) is 2. The Hall–Kier alpha value is -2.03. The van der Waals surface area contributed by atoms with Gasteiger partial charge in [0.25, 0.3) is 0 Å². The summed E-state index contributed by atoms with van der Waals surface area (Å²) in [6.07, 6.45) is 11.8. The highest BCUT2D eigenvalue weighted by Crippen LogP contribution is 2.25. The van der Waals surface area contributed by atoms with Crippen LogP contribution in [0.1, 0.15) is 19.7 Å². The van der Waals surface area contributed by atoms with Crippen molar-refractivity contribution in [3.8, 4) is 0 Å². The Bertz CT molecular complexity index is 475. The van der Waals surface area contributed by atoms with Gasteiger partial charge in [-0.1, -0.05) is 12.7 Å². The fourth-order valence-corrected chi connectivity index (χ4v) is 1.63. The average Bonchev–Trinajstić information content (AvgIpc) is 2.81. The molecule has 0 atom stereocenters. The van der Waals surface area contributed by atoms with E-state index in [-0.39, 0.29) is 0 Å². The number of nitrogens with one attached hydrogen (secondary N) is 1. The van der Waals surface area contributed by atoms with Crippen molar-refractivity contribution in [3.63, 3.8) is 0 Å². The summed E-state index contributed by atoms with van der Waals surface area (Å²) in [6.45, 7) is 8.15. The monoisotopic (exact) mass is 213 g/mol. The third kappa shape index (κ3) is 1.84. The highest BCUT2D eigenvalue weighted by atomic mass is 15.2. The summed E-state index contributed by atoms with van der Waals surface area (Å²) in [4.78, 5) is 9.28. The zero-order valence-electron chi connectivity index (χ0n) is 9.57. The number of H-pyrrole nitrogens is 1. The minimum absolute atomic E-state index is 0.789. The normalized spacial score (nSPS) is 17.8. The van der Waals surface area contributed by atoms with Crippen molar-refractivity contribution in [1.29, 1.82) is 0 Å². The molecular weight excluding hydrogens is 198 g/mol. The molecule has 0 spiro atoms. The molecule has 2 heterocycles. The fraction of sp³-hybridized carbons (Fsp3) is 0.154. The van der Waals surface area contributed by atoms with Crippen LogP contribution in [0.25, 0.3) is 5.70 Å². The van der Waals surface area contributed by atoms with Gasteiger partial charge in [0, 0.05) is 24.3 Å². The SMILES string of the molecule is C=C(c1ncc[nH]1)N1C=CC(C)=C/C1=C/C. The van der Waals surface area contributed by atoms with Gasteiger partial charge in [0.1, 0.15) is 0 Å². The van der Waals surface area contributed by atoms with Crippen molar-refractivity contribution in [2.24, 2.45) is 0 Å². The van der Waals surface area contributed by atoms with Gasteiger partial charge in [-0.2, -0.15) is 0 Å². The summed E-state index contributed by atoms with van der Waals surface area (Å²) < 4.78 is 0. The van der Waals surface area contributed by atoms with Gasteiger partial charge in [-0.3, -0.25) is 0 Å². The fourth-order valence-electron chi connectivity index (χ4n) is 1.63. The van der Waals surface area contributed by atoms with Crippen LogP contribution in [0.5, 0.6) is 0 Å². The zero-order chi connectivity index (χ0) is 11.5.